The fourth-order valence-electron chi connectivity index (χ4n) is 4.01. The number of ether oxygens (including phenoxy) is 1. The van der Waals surface area contributed by atoms with Gasteiger partial charge in [-0.25, -0.2) is 4.79 Å². The van der Waals surface area contributed by atoms with Crippen LogP contribution in [0.3, 0.4) is 0 Å². The van der Waals surface area contributed by atoms with Crippen molar-refractivity contribution in [2.45, 2.75) is 123 Å². The number of aliphatic carboxylic acids is 3. The average Bonchev–Trinajstić information content (AvgIpc) is 2.71. The third kappa shape index (κ3) is 13.2. The molecule has 33 heavy (non-hydrogen) atoms. The second-order valence-electron chi connectivity index (χ2n) is 9.39. The van der Waals surface area contributed by atoms with Crippen LogP contribution in [-0.2, 0) is 23.9 Å². The molecule has 2 atom stereocenters. The van der Waals surface area contributed by atoms with Crippen LogP contribution in [0.5, 0.6) is 0 Å². The summed E-state index contributed by atoms with van der Waals surface area (Å²) >= 11 is 0. The van der Waals surface area contributed by atoms with Crippen LogP contribution in [-0.4, -0.2) is 44.8 Å². The van der Waals surface area contributed by atoms with E-state index in [1.54, 1.807) is 0 Å². The van der Waals surface area contributed by atoms with Gasteiger partial charge < -0.3 is 20.1 Å². The van der Waals surface area contributed by atoms with Gasteiger partial charge in [-0.3, -0.25) is 14.4 Å². The van der Waals surface area contributed by atoms with Gasteiger partial charge in [-0.05, 0) is 18.8 Å². The molecule has 0 aliphatic heterocycles. The summed E-state index contributed by atoms with van der Waals surface area (Å²) < 4.78 is 5.17. The number of carboxylic acids is 3. The maximum Gasteiger partial charge on any atom is 0.349 e. The first-order valence-electron chi connectivity index (χ1n) is 12.5. The number of carboxylic acid groups (broad SMARTS) is 3. The van der Waals surface area contributed by atoms with E-state index in [4.69, 9.17) is 4.74 Å². The number of hydrogen-bond donors (Lipinski definition) is 3. The van der Waals surface area contributed by atoms with E-state index in [-0.39, 0.29) is 12.8 Å². The van der Waals surface area contributed by atoms with Crippen LogP contribution in [0.2, 0.25) is 0 Å². The van der Waals surface area contributed by atoms with Crippen LogP contribution in [0.4, 0.5) is 0 Å². The summed E-state index contributed by atoms with van der Waals surface area (Å²) in [6.45, 7) is 6.41. The average molecular weight is 473 g/mol. The third-order valence-corrected chi connectivity index (χ3v) is 5.94. The van der Waals surface area contributed by atoms with E-state index in [0.717, 1.165) is 51.4 Å². The topological polar surface area (TPSA) is 138 Å². The molecule has 3 N–H and O–H groups in total. The Hall–Kier alpha value is -2.12. The van der Waals surface area contributed by atoms with Crippen molar-refractivity contribution in [1.82, 2.24) is 0 Å². The third-order valence-electron chi connectivity index (χ3n) is 5.94. The van der Waals surface area contributed by atoms with Gasteiger partial charge in [0.25, 0.3) is 0 Å². The lowest BCUT2D eigenvalue weighted by Gasteiger charge is -2.33. The highest BCUT2D eigenvalue weighted by molar-refractivity contribution is 5.92. The molecule has 0 bridgehead atoms. The largest absolute Gasteiger partial charge is 0.481 e. The quantitative estimate of drug-likeness (QED) is 0.143. The zero-order valence-corrected chi connectivity index (χ0v) is 20.6. The van der Waals surface area contributed by atoms with Crippen molar-refractivity contribution in [3.05, 3.63) is 0 Å². The van der Waals surface area contributed by atoms with Crippen LogP contribution in [0.15, 0.2) is 0 Å². The SMILES string of the molecule is CCCCCCCC(=O)OC(CC(=O)O)(C(=O)O)C(CCCCCCCCC(C)C)C(=O)O. The molecule has 0 aliphatic carbocycles. The van der Waals surface area contributed by atoms with E-state index >= 15 is 0 Å². The maximum atomic E-state index is 12.4. The van der Waals surface area contributed by atoms with Crippen molar-refractivity contribution in [2.75, 3.05) is 0 Å². The van der Waals surface area contributed by atoms with Gasteiger partial charge in [-0.1, -0.05) is 91.4 Å². The summed E-state index contributed by atoms with van der Waals surface area (Å²) in [6, 6.07) is 0. The Morgan fingerprint density at radius 1 is 0.758 bits per heavy atom. The second-order valence-corrected chi connectivity index (χ2v) is 9.39. The number of carbonyl (C=O) groups excluding carboxylic acids is 1. The standard InChI is InChI=1S/C25H44O8/c1-4-5-6-9-14-17-22(28)33-25(24(31)32,18-21(26)27)20(23(29)30)16-13-11-8-7-10-12-15-19(2)3/h19-20H,4-18H2,1-3H3,(H,26,27)(H,29,30)(H,31,32). The molecule has 0 amide bonds. The molecule has 0 radical (unpaired) electrons. The number of hydrogen-bond acceptors (Lipinski definition) is 5. The monoisotopic (exact) mass is 472 g/mol. The molecule has 8 nitrogen and oxygen atoms in total. The zero-order chi connectivity index (χ0) is 25.3. The van der Waals surface area contributed by atoms with Crippen LogP contribution in [0.1, 0.15) is 117 Å². The highest BCUT2D eigenvalue weighted by atomic mass is 16.6. The molecule has 0 fully saturated rings. The Kier molecular flexibility index (Phi) is 16.3. The van der Waals surface area contributed by atoms with E-state index in [1.165, 1.54) is 6.42 Å². The van der Waals surface area contributed by atoms with Gasteiger partial charge >= 0.3 is 23.9 Å². The molecule has 0 aromatic rings. The van der Waals surface area contributed by atoms with Crippen LogP contribution in [0, 0.1) is 11.8 Å². The summed E-state index contributed by atoms with van der Waals surface area (Å²) in [5.74, 6) is -6.55. The Balaban J connectivity index is 5.07. The Bertz CT molecular complexity index is 601. The van der Waals surface area contributed by atoms with E-state index in [0.29, 0.717) is 25.2 Å². The second kappa shape index (κ2) is 17.4. The van der Waals surface area contributed by atoms with Gasteiger partial charge in [0.2, 0.25) is 5.60 Å². The van der Waals surface area contributed by atoms with Crippen LogP contribution in [0.25, 0.3) is 0 Å². The fraction of sp³-hybridized carbons (Fsp3) is 0.840. The first kappa shape index (κ1) is 30.9. The van der Waals surface area contributed by atoms with Gasteiger partial charge in [0.15, 0.2) is 0 Å². The van der Waals surface area contributed by atoms with Crippen LogP contribution >= 0.6 is 0 Å². The maximum absolute atomic E-state index is 12.4. The summed E-state index contributed by atoms with van der Waals surface area (Å²) in [5.41, 5.74) is -2.62. The molecule has 0 saturated heterocycles. The Morgan fingerprint density at radius 2 is 1.27 bits per heavy atom. The van der Waals surface area contributed by atoms with Crippen molar-refractivity contribution in [3.63, 3.8) is 0 Å². The van der Waals surface area contributed by atoms with Crippen molar-refractivity contribution in [2.24, 2.45) is 11.8 Å². The highest BCUT2D eigenvalue weighted by Gasteiger charge is 2.54. The van der Waals surface area contributed by atoms with Gasteiger partial charge in [-0.15, -0.1) is 0 Å². The summed E-state index contributed by atoms with van der Waals surface area (Å²) in [5, 5.41) is 28.9. The molecule has 0 aliphatic rings. The van der Waals surface area contributed by atoms with Gasteiger partial charge in [0.05, 0.1) is 6.42 Å². The van der Waals surface area contributed by atoms with Crippen molar-refractivity contribution in [1.29, 1.82) is 0 Å². The van der Waals surface area contributed by atoms with E-state index in [1.807, 2.05) is 0 Å². The normalized spacial score (nSPS) is 13.9. The lowest BCUT2D eigenvalue weighted by Crippen LogP contribution is -2.54. The zero-order valence-electron chi connectivity index (χ0n) is 20.6. The van der Waals surface area contributed by atoms with Crippen molar-refractivity contribution in [3.8, 4) is 0 Å². The summed E-state index contributed by atoms with van der Waals surface area (Å²) in [7, 11) is 0. The first-order chi connectivity index (χ1) is 15.6. The fourth-order valence-corrected chi connectivity index (χ4v) is 4.01. The first-order valence-corrected chi connectivity index (χ1v) is 12.5. The predicted octanol–water partition coefficient (Wildman–Crippen LogP) is 5.67. The van der Waals surface area contributed by atoms with Gasteiger partial charge in [0.1, 0.15) is 5.92 Å². The molecular formula is C25H44O8. The lowest BCUT2D eigenvalue weighted by molar-refractivity contribution is -0.195. The molecule has 0 spiro atoms. The number of esters is 1. The van der Waals surface area contributed by atoms with Crippen molar-refractivity contribution >= 4 is 23.9 Å². The Labute approximate surface area is 198 Å². The van der Waals surface area contributed by atoms with Crippen LogP contribution < -0.4 is 0 Å². The molecule has 0 aromatic carbocycles. The number of unbranched alkanes of at least 4 members (excludes halogenated alkanes) is 9. The highest BCUT2D eigenvalue weighted by Crippen LogP contribution is 2.33. The summed E-state index contributed by atoms with van der Waals surface area (Å²) in [4.78, 5) is 47.9. The minimum Gasteiger partial charge on any atom is -0.481 e. The minimum absolute atomic E-state index is 0.0648. The molecule has 192 valence electrons. The number of carbonyl (C=O) groups is 4. The van der Waals surface area contributed by atoms with Gasteiger partial charge in [-0.2, -0.15) is 0 Å². The molecular weight excluding hydrogens is 428 g/mol. The molecule has 0 aromatic heterocycles. The molecule has 0 rings (SSSR count). The molecule has 2 unspecified atom stereocenters. The smallest absolute Gasteiger partial charge is 0.349 e. The predicted molar refractivity (Wildman–Crippen MR) is 125 cm³/mol. The Morgan fingerprint density at radius 3 is 1.76 bits per heavy atom. The molecule has 8 heteroatoms. The summed E-state index contributed by atoms with van der Waals surface area (Å²) in [6.07, 6.45) is 9.44. The minimum atomic E-state index is -2.62. The van der Waals surface area contributed by atoms with E-state index < -0.39 is 41.8 Å². The lowest BCUT2D eigenvalue weighted by atomic mass is 9.80. The van der Waals surface area contributed by atoms with Crippen molar-refractivity contribution < 1.29 is 39.2 Å². The number of rotatable bonds is 21. The van der Waals surface area contributed by atoms with E-state index in [9.17, 15) is 34.5 Å². The molecule has 0 heterocycles. The van der Waals surface area contributed by atoms with E-state index in [2.05, 4.69) is 20.8 Å². The van der Waals surface area contributed by atoms with Gasteiger partial charge in [0, 0.05) is 6.42 Å². The molecule has 0 saturated carbocycles.